The molecule has 1 fully saturated rings. The summed E-state index contributed by atoms with van der Waals surface area (Å²) in [5, 5.41) is 5.87. The average molecular weight is 462 g/mol. The summed E-state index contributed by atoms with van der Waals surface area (Å²) >= 11 is 5.22. The number of nitrogens with one attached hydrogen (secondary N) is 3. The van der Waals surface area contributed by atoms with Crippen molar-refractivity contribution in [2.24, 2.45) is 5.92 Å². The lowest BCUT2D eigenvalue weighted by atomic mass is 9.89. The van der Waals surface area contributed by atoms with Crippen LogP contribution in [0.1, 0.15) is 39.0 Å². The van der Waals surface area contributed by atoms with Gasteiger partial charge in [-0.15, -0.1) is 0 Å². The van der Waals surface area contributed by atoms with Gasteiger partial charge in [-0.25, -0.2) is 8.42 Å². The predicted octanol–water partition coefficient (Wildman–Crippen LogP) is 4.28. The molecule has 7 nitrogen and oxygen atoms in total. The summed E-state index contributed by atoms with van der Waals surface area (Å²) in [6.45, 7) is 2.42. The van der Waals surface area contributed by atoms with Crippen molar-refractivity contribution in [3.63, 3.8) is 0 Å². The van der Waals surface area contributed by atoms with Crippen LogP contribution in [0.3, 0.4) is 0 Å². The van der Waals surface area contributed by atoms with Gasteiger partial charge in [-0.3, -0.25) is 9.52 Å². The van der Waals surface area contributed by atoms with E-state index < -0.39 is 10.0 Å². The number of amides is 1. The lowest BCUT2D eigenvalue weighted by Crippen LogP contribution is -2.38. The number of thiocarbonyl (C=S) groups is 1. The lowest BCUT2D eigenvalue weighted by Gasteiger charge is -2.21. The molecule has 31 heavy (non-hydrogen) atoms. The second kappa shape index (κ2) is 10.6. The minimum Gasteiger partial charge on any atom is -0.494 e. The summed E-state index contributed by atoms with van der Waals surface area (Å²) < 4.78 is 33.1. The highest BCUT2D eigenvalue weighted by molar-refractivity contribution is 7.92. The Balaban J connectivity index is 1.56. The zero-order chi connectivity index (χ0) is 22.3. The molecule has 3 rings (SSSR count). The van der Waals surface area contributed by atoms with E-state index in [1.807, 2.05) is 6.92 Å². The third-order valence-corrected chi connectivity index (χ3v) is 6.65. The van der Waals surface area contributed by atoms with Crippen molar-refractivity contribution in [3.05, 3.63) is 48.5 Å². The maximum absolute atomic E-state index is 12.6. The molecule has 1 aliphatic carbocycles. The number of sulfonamides is 1. The Labute approximate surface area is 188 Å². The Hall–Kier alpha value is -2.65. The molecule has 2 aromatic carbocycles. The van der Waals surface area contributed by atoms with Crippen molar-refractivity contribution in [2.45, 2.75) is 43.9 Å². The van der Waals surface area contributed by atoms with Crippen LogP contribution in [0.5, 0.6) is 5.75 Å². The monoisotopic (exact) mass is 461 g/mol. The van der Waals surface area contributed by atoms with Gasteiger partial charge in [0.2, 0.25) is 5.91 Å². The molecule has 1 saturated carbocycles. The highest BCUT2D eigenvalue weighted by Gasteiger charge is 2.21. The molecule has 0 saturated heterocycles. The van der Waals surface area contributed by atoms with Crippen LogP contribution < -0.4 is 20.1 Å². The topological polar surface area (TPSA) is 96.5 Å². The highest BCUT2D eigenvalue weighted by atomic mass is 32.2. The standard InChI is InChI=1S/C22H27N3O4S2/c1-2-29-19-12-8-18(9-13-19)25-31(27,28)20-14-10-17(11-15-20)23-22(30)24-21(26)16-6-4-3-5-7-16/h8-16,25H,2-7H2,1H3,(H2,23,24,26,30). The molecule has 3 N–H and O–H groups in total. The van der Waals surface area contributed by atoms with E-state index in [2.05, 4.69) is 15.4 Å². The summed E-state index contributed by atoms with van der Waals surface area (Å²) in [6.07, 6.45) is 5.09. The van der Waals surface area contributed by atoms with Gasteiger partial charge in [-0.05, 0) is 80.5 Å². The molecule has 0 atom stereocenters. The fourth-order valence-corrected chi connectivity index (χ4v) is 4.74. The Kier molecular flexibility index (Phi) is 7.86. The molecule has 0 heterocycles. The number of carbonyl (C=O) groups excluding carboxylic acids is 1. The molecule has 0 radical (unpaired) electrons. The first-order chi connectivity index (χ1) is 14.9. The Bertz CT molecular complexity index is 1000. The minimum absolute atomic E-state index is 0.00898. The number of carbonyl (C=O) groups is 1. The summed E-state index contributed by atoms with van der Waals surface area (Å²) in [5.41, 5.74) is 1.03. The minimum atomic E-state index is -3.74. The SMILES string of the molecule is CCOc1ccc(NS(=O)(=O)c2ccc(NC(=S)NC(=O)C3CCCCC3)cc2)cc1. The van der Waals surface area contributed by atoms with E-state index >= 15 is 0 Å². The molecular weight excluding hydrogens is 434 g/mol. The van der Waals surface area contributed by atoms with Crippen LogP contribution in [0.25, 0.3) is 0 Å². The van der Waals surface area contributed by atoms with Gasteiger partial charge in [0.15, 0.2) is 5.11 Å². The van der Waals surface area contributed by atoms with Crippen molar-refractivity contribution in [2.75, 3.05) is 16.6 Å². The number of rotatable bonds is 7. The number of anilines is 2. The van der Waals surface area contributed by atoms with E-state index in [-0.39, 0.29) is 21.8 Å². The first-order valence-corrected chi connectivity index (χ1v) is 12.2. The number of benzene rings is 2. The van der Waals surface area contributed by atoms with Gasteiger partial charge < -0.3 is 15.4 Å². The molecule has 0 unspecified atom stereocenters. The van der Waals surface area contributed by atoms with Gasteiger partial charge in [-0.1, -0.05) is 19.3 Å². The summed E-state index contributed by atoms with van der Waals surface area (Å²) in [5.74, 6) is 0.623. The van der Waals surface area contributed by atoms with Gasteiger partial charge in [0, 0.05) is 17.3 Å². The van der Waals surface area contributed by atoms with Crippen LogP contribution in [0.4, 0.5) is 11.4 Å². The predicted molar refractivity (Wildman–Crippen MR) is 126 cm³/mol. The quantitative estimate of drug-likeness (QED) is 0.533. The first-order valence-electron chi connectivity index (χ1n) is 10.3. The van der Waals surface area contributed by atoms with Gasteiger partial charge in [0.1, 0.15) is 5.75 Å². The highest BCUT2D eigenvalue weighted by Crippen LogP contribution is 2.24. The van der Waals surface area contributed by atoms with E-state index in [1.165, 1.54) is 18.6 Å². The lowest BCUT2D eigenvalue weighted by molar-refractivity contribution is -0.124. The molecule has 2 aromatic rings. The molecule has 0 aliphatic heterocycles. The fraction of sp³-hybridized carbons (Fsp3) is 0.364. The van der Waals surface area contributed by atoms with Gasteiger partial charge in [0.05, 0.1) is 11.5 Å². The summed E-state index contributed by atoms with van der Waals surface area (Å²) in [4.78, 5) is 12.4. The third kappa shape index (κ3) is 6.67. The smallest absolute Gasteiger partial charge is 0.261 e. The Morgan fingerprint density at radius 2 is 1.61 bits per heavy atom. The zero-order valence-corrected chi connectivity index (χ0v) is 19.0. The molecule has 0 bridgehead atoms. The van der Waals surface area contributed by atoms with Gasteiger partial charge >= 0.3 is 0 Å². The fourth-order valence-electron chi connectivity index (χ4n) is 3.46. The third-order valence-electron chi connectivity index (χ3n) is 5.05. The van der Waals surface area contributed by atoms with E-state index in [4.69, 9.17) is 17.0 Å². The van der Waals surface area contributed by atoms with Crippen molar-refractivity contribution < 1.29 is 17.9 Å². The number of hydrogen-bond acceptors (Lipinski definition) is 5. The van der Waals surface area contributed by atoms with E-state index in [0.29, 0.717) is 23.7 Å². The molecule has 166 valence electrons. The van der Waals surface area contributed by atoms with E-state index in [0.717, 1.165) is 25.7 Å². The van der Waals surface area contributed by atoms with Crippen LogP contribution in [0.15, 0.2) is 53.4 Å². The molecule has 9 heteroatoms. The zero-order valence-electron chi connectivity index (χ0n) is 17.4. The maximum atomic E-state index is 12.6. The van der Waals surface area contributed by atoms with Crippen LogP contribution in [-0.4, -0.2) is 26.0 Å². The van der Waals surface area contributed by atoms with Gasteiger partial charge in [0.25, 0.3) is 10.0 Å². The van der Waals surface area contributed by atoms with Crippen molar-refractivity contribution >= 4 is 44.6 Å². The summed E-state index contributed by atoms with van der Waals surface area (Å²) in [7, 11) is -3.74. The summed E-state index contributed by atoms with van der Waals surface area (Å²) in [6, 6.07) is 12.9. The van der Waals surface area contributed by atoms with Crippen molar-refractivity contribution in [3.8, 4) is 5.75 Å². The van der Waals surface area contributed by atoms with Crippen molar-refractivity contribution in [1.82, 2.24) is 5.32 Å². The van der Waals surface area contributed by atoms with E-state index in [9.17, 15) is 13.2 Å². The maximum Gasteiger partial charge on any atom is 0.261 e. The van der Waals surface area contributed by atoms with Crippen molar-refractivity contribution in [1.29, 1.82) is 0 Å². The second-order valence-electron chi connectivity index (χ2n) is 7.37. The van der Waals surface area contributed by atoms with Crippen LogP contribution >= 0.6 is 12.2 Å². The molecule has 0 spiro atoms. The number of ether oxygens (including phenoxy) is 1. The Morgan fingerprint density at radius 3 is 2.23 bits per heavy atom. The van der Waals surface area contributed by atoms with Crippen LogP contribution in [0, 0.1) is 5.92 Å². The molecular formula is C22H27N3O4S2. The average Bonchev–Trinajstić information content (AvgIpc) is 2.76. The van der Waals surface area contributed by atoms with Crippen LogP contribution in [-0.2, 0) is 14.8 Å². The first kappa shape index (κ1) is 23.0. The van der Waals surface area contributed by atoms with E-state index in [1.54, 1.807) is 36.4 Å². The van der Waals surface area contributed by atoms with Gasteiger partial charge in [-0.2, -0.15) is 0 Å². The van der Waals surface area contributed by atoms with Crippen LogP contribution in [0.2, 0.25) is 0 Å². The largest absolute Gasteiger partial charge is 0.494 e. The second-order valence-corrected chi connectivity index (χ2v) is 9.46. The normalized spacial score (nSPS) is 14.5. The molecule has 1 aliphatic rings. The molecule has 1 amide bonds. The molecule has 0 aromatic heterocycles. The number of hydrogen-bond donors (Lipinski definition) is 3. The Morgan fingerprint density at radius 1 is 1.00 bits per heavy atom.